The summed E-state index contributed by atoms with van der Waals surface area (Å²) < 4.78 is 10.3. The minimum absolute atomic E-state index is 0.253. The molecule has 0 N–H and O–H groups in total. The van der Waals surface area contributed by atoms with E-state index in [2.05, 4.69) is 4.90 Å². The van der Waals surface area contributed by atoms with Crippen LogP contribution in [-0.4, -0.2) is 57.8 Å². The molecule has 0 bridgehead atoms. The number of rotatable bonds is 8. The van der Waals surface area contributed by atoms with E-state index in [1.165, 1.54) is 0 Å². The lowest BCUT2D eigenvalue weighted by molar-refractivity contribution is -0.112. The Hall–Kier alpha value is -0.450. The summed E-state index contributed by atoms with van der Waals surface area (Å²) in [6.45, 7) is 5.22. The van der Waals surface area contributed by atoms with Gasteiger partial charge in [-0.15, -0.1) is 0 Å². The first-order valence-electron chi connectivity index (χ1n) is 6.11. The Kier molecular flexibility index (Phi) is 7.38. The molecule has 0 aromatic rings. The monoisotopic (exact) mass is 229 g/mol. The lowest BCUT2D eigenvalue weighted by Gasteiger charge is -2.29. The lowest BCUT2D eigenvalue weighted by atomic mass is 10.00. The highest BCUT2D eigenvalue weighted by molar-refractivity contribution is 5.53. The van der Waals surface area contributed by atoms with Crippen molar-refractivity contribution in [3.05, 3.63) is 0 Å². The summed E-state index contributed by atoms with van der Waals surface area (Å²) in [6.07, 6.45) is 4.34. The molecule has 0 spiro atoms. The van der Waals surface area contributed by atoms with Gasteiger partial charge in [0.25, 0.3) is 0 Å². The van der Waals surface area contributed by atoms with Crippen LogP contribution >= 0.6 is 0 Å². The van der Waals surface area contributed by atoms with Gasteiger partial charge in [0.1, 0.15) is 6.29 Å². The van der Waals surface area contributed by atoms with Gasteiger partial charge in [-0.05, 0) is 25.8 Å². The third-order valence-corrected chi connectivity index (χ3v) is 2.93. The van der Waals surface area contributed by atoms with E-state index in [9.17, 15) is 4.79 Å². The Morgan fingerprint density at radius 2 is 2.25 bits per heavy atom. The number of ether oxygens (including phenoxy) is 2. The smallest absolute Gasteiger partial charge is 0.124 e. The number of likely N-dealkylation sites (tertiary alicyclic amines) is 1. The zero-order chi connectivity index (χ0) is 11.6. The van der Waals surface area contributed by atoms with Crippen LogP contribution in [0.25, 0.3) is 0 Å². The number of methoxy groups -OCH3 is 1. The predicted octanol–water partition coefficient (Wildman–Crippen LogP) is 0.950. The molecule has 0 aromatic heterocycles. The Balaban J connectivity index is 1.97. The second-order valence-corrected chi connectivity index (χ2v) is 4.30. The quantitative estimate of drug-likeness (QED) is 0.459. The summed E-state index contributed by atoms with van der Waals surface area (Å²) in [6, 6.07) is 0. The zero-order valence-electron chi connectivity index (χ0n) is 10.2. The van der Waals surface area contributed by atoms with Crippen LogP contribution in [0, 0.1) is 5.92 Å². The summed E-state index contributed by atoms with van der Waals surface area (Å²) in [5, 5.41) is 0. The molecule has 0 saturated carbocycles. The van der Waals surface area contributed by atoms with Gasteiger partial charge in [0.2, 0.25) is 0 Å². The van der Waals surface area contributed by atoms with Gasteiger partial charge in [0.05, 0.1) is 13.2 Å². The average Bonchev–Trinajstić information content (AvgIpc) is 2.34. The van der Waals surface area contributed by atoms with Gasteiger partial charge in [-0.2, -0.15) is 0 Å². The average molecular weight is 229 g/mol. The van der Waals surface area contributed by atoms with Crippen LogP contribution in [0.4, 0.5) is 0 Å². The summed E-state index contributed by atoms with van der Waals surface area (Å²) in [5.74, 6) is 0.253. The highest BCUT2D eigenvalue weighted by atomic mass is 16.5. The summed E-state index contributed by atoms with van der Waals surface area (Å²) in [4.78, 5) is 13.1. The molecular weight excluding hydrogens is 206 g/mol. The molecule has 0 amide bonds. The second-order valence-electron chi connectivity index (χ2n) is 4.30. The molecule has 1 unspecified atom stereocenters. The van der Waals surface area contributed by atoms with Gasteiger partial charge in [-0.1, -0.05) is 0 Å². The SMILES string of the molecule is COCCOCCCN1CCCC(C=O)C1. The number of nitrogens with zero attached hydrogens (tertiary/aromatic N) is 1. The number of carbonyl (C=O) groups excluding carboxylic acids is 1. The fourth-order valence-electron chi connectivity index (χ4n) is 2.04. The first-order valence-corrected chi connectivity index (χ1v) is 6.11. The third-order valence-electron chi connectivity index (χ3n) is 2.93. The molecule has 1 heterocycles. The Morgan fingerprint density at radius 1 is 1.38 bits per heavy atom. The van der Waals surface area contributed by atoms with Crippen molar-refractivity contribution < 1.29 is 14.3 Å². The number of carbonyl (C=O) groups is 1. The zero-order valence-corrected chi connectivity index (χ0v) is 10.2. The van der Waals surface area contributed by atoms with Crippen molar-refractivity contribution in [3.63, 3.8) is 0 Å². The highest BCUT2D eigenvalue weighted by Gasteiger charge is 2.18. The molecular formula is C12H23NO3. The van der Waals surface area contributed by atoms with Crippen molar-refractivity contribution in [2.45, 2.75) is 19.3 Å². The Bertz CT molecular complexity index is 187. The topological polar surface area (TPSA) is 38.8 Å². The maximum absolute atomic E-state index is 10.7. The molecule has 1 fully saturated rings. The van der Waals surface area contributed by atoms with E-state index in [4.69, 9.17) is 9.47 Å². The lowest BCUT2D eigenvalue weighted by Crippen LogP contribution is -2.36. The standard InChI is InChI=1S/C12H23NO3/c1-15-8-9-16-7-3-6-13-5-2-4-12(10-13)11-14/h11-12H,2-10H2,1H3. The van der Waals surface area contributed by atoms with Crippen molar-refractivity contribution in [3.8, 4) is 0 Å². The third kappa shape index (κ3) is 5.58. The first-order chi connectivity index (χ1) is 7.86. The van der Waals surface area contributed by atoms with Gasteiger partial charge in [0, 0.05) is 32.7 Å². The molecule has 1 rings (SSSR count). The molecule has 1 saturated heterocycles. The van der Waals surface area contributed by atoms with E-state index < -0.39 is 0 Å². The highest BCUT2D eigenvalue weighted by Crippen LogP contribution is 2.14. The molecule has 94 valence electrons. The number of piperidine rings is 1. The van der Waals surface area contributed by atoms with Gasteiger partial charge in [0.15, 0.2) is 0 Å². The van der Waals surface area contributed by atoms with Crippen LogP contribution in [0.15, 0.2) is 0 Å². The van der Waals surface area contributed by atoms with Gasteiger partial charge >= 0.3 is 0 Å². The summed E-state index contributed by atoms with van der Waals surface area (Å²) in [7, 11) is 1.68. The van der Waals surface area contributed by atoms with Crippen LogP contribution in [0.3, 0.4) is 0 Å². The Morgan fingerprint density at radius 3 is 3.00 bits per heavy atom. The van der Waals surface area contributed by atoms with Crippen molar-refractivity contribution >= 4 is 6.29 Å². The molecule has 4 heteroatoms. The van der Waals surface area contributed by atoms with Crippen molar-refractivity contribution in [1.82, 2.24) is 4.90 Å². The van der Waals surface area contributed by atoms with E-state index in [0.717, 1.165) is 51.8 Å². The minimum atomic E-state index is 0.253. The molecule has 1 aliphatic rings. The molecule has 1 atom stereocenters. The minimum Gasteiger partial charge on any atom is -0.382 e. The van der Waals surface area contributed by atoms with E-state index in [1.807, 2.05) is 0 Å². The van der Waals surface area contributed by atoms with E-state index in [-0.39, 0.29) is 5.92 Å². The molecule has 16 heavy (non-hydrogen) atoms. The molecule has 0 aromatic carbocycles. The molecule has 0 aliphatic carbocycles. The van der Waals surface area contributed by atoms with E-state index in [1.54, 1.807) is 7.11 Å². The fraction of sp³-hybridized carbons (Fsp3) is 0.917. The van der Waals surface area contributed by atoms with Crippen molar-refractivity contribution in [2.24, 2.45) is 5.92 Å². The van der Waals surface area contributed by atoms with Gasteiger partial charge < -0.3 is 19.2 Å². The molecule has 0 radical (unpaired) electrons. The maximum Gasteiger partial charge on any atom is 0.124 e. The molecule has 4 nitrogen and oxygen atoms in total. The normalized spacial score (nSPS) is 22.2. The van der Waals surface area contributed by atoms with E-state index in [0.29, 0.717) is 13.2 Å². The first kappa shape index (κ1) is 13.6. The second kappa shape index (κ2) is 8.67. The van der Waals surface area contributed by atoms with Crippen LogP contribution in [0.2, 0.25) is 0 Å². The van der Waals surface area contributed by atoms with E-state index >= 15 is 0 Å². The van der Waals surface area contributed by atoms with Crippen LogP contribution < -0.4 is 0 Å². The van der Waals surface area contributed by atoms with Crippen molar-refractivity contribution in [2.75, 3.05) is 46.6 Å². The number of aldehydes is 1. The number of hydrogen-bond acceptors (Lipinski definition) is 4. The van der Waals surface area contributed by atoms with Gasteiger partial charge in [-0.3, -0.25) is 0 Å². The van der Waals surface area contributed by atoms with Crippen LogP contribution in [0.1, 0.15) is 19.3 Å². The molecule has 1 aliphatic heterocycles. The summed E-state index contributed by atoms with van der Waals surface area (Å²) in [5.41, 5.74) is 0. The maximum atomic E-state index is 10.7. The van der Waals surface area contributed by atoms with Crippen LogP contribution in [-0.2, 0) is 14.3 Å². The number of hydrogen-bond donors (Lipinski definition) is 0. The largest absolute Gasteiger partial charge is 0.382 e. The van der Waals surface area contributed by atoms with Crippen molar-refractivity contribution in [1.29, 1.82) is 0 Å². The Labute approximate surface area is 97.9 Å². The van der Waals surface area contributed by atoms with Gasteiger partial charge in [-0.25, -0.2) is 0 Å². The predicted molar refractivity (Wildman–Crippen MR) is 62.5 cm³/mol. The summed E-state index contributed by atoms with van der Waals surface area (Å²) >= 11 is 0. The fourth-order valence-corrected chi connectivity index (χ4v) is 2.04. The van der Waals surface area contributed by atoms with Crippen LogP contribution in [0.5, 0.6) is 0 Å².